The molecular formula is C17H15FN4OS. The molecule has 2 aromatic heterocycles. The minimum absolute atomic E-state index is 0.254. The summed E-state index contributed by atoms with van der Waals surface area (Å²) in [6.07, 6.45) is 3.41. The zero-order valence-electron chi connectivity index (χ0n) is 12.8. The van der Waals surface area contributed by atoms with Gasteiger partial charge in [-0.1, -0.05) is 12.1 Å². The van der Waals surface area contributed by atoms with Gasteiger partial charge in [-0.2, -0.15) is 5.10 Å². The quantitative estimate of drug-likeness (QED) is 0.767. The van der Waals surface area contributed by atoms with Gasteiger partial charge in [0.1, 0.15) is 5.82 Å². The van der Waals surface area contributed by atoms with E-state index in [4.69, 9.17) is 11.5 Å². The van der Waals surface area contributed by atoms with Crippen molar-refractivity contribution in [3.05, 3.63) is 58.7 Å². The number of carbonyl (C=O) groups is 1. The topological polar surface area (TPSA) is 86.9 Å². The fourth-order valence-corrected chi connectivity index (χ4v) is 4.30. The Kier molecular flexibility index (Phi) is 3.38. The molecule has 1 amide bonds. The highest BCUT2D eigenvalue weighted by Crippen LogP contribution is 2.43. The maximum Gasteiger partial charge on any atom is 0.251 e. The molecular weight excluding hydrogens is 327 g/mol. The number of primary amides is 1. The van der Waals surface area contributed by atoms with E-state index < -0.39 is 5.91 Å². The lowest BCUT2D eigenvalue weighted by Crippen LogP contribution is -2.15. The number of halogens is 1. The van der Waals surface area contributed by atoms with Gasteiger partial charge >= 0.3 is 0 Å². The summed E-state index contributed by atoms with van der Waals surface area (Å²) in [6, 6.07) is 6.37. The number of nitrogens with zero attached hydrogens (tertiary/aromatic N) is 2. The van der Waals surface area contributed by atoms with Crippen LogP contribution in [0.2, 0.25) is 0 Å². The van der Waals surface area contributed by atoms with Crippen molar-refractivity contribution in [3.63, 3.8) is 0 Å². The number of thiophene rings is 1. The average molecular weight is 342 g/mol. The maximum absolute atomic E-state index is 13.0. The smallest absolute Gasteiger partial charge is 0.251 e. The summed E-state index contributed by atoms with van der Waals surface area (Å²) in [5.41, 5.74) is 15.8. The van der Waals surface area contributed by atoms with Gasteiger partial charge in [0.25, 0.3) is 5.91 Å². The third kappa shape index (κ3) is 2.37. The maximum atomic E-state index is 13.0. The van der Waals surface area contributed by atoms with E-state index in [0.29, 0.717) is 23.5 Å². The normalized spacial score (nSPS) is 12.7. The first-order chi connectivity index (χ1) is 11.5. The second kappa shape index (κ2) is 5.45. The predicted octanol–water partition coefficient (Wildman–Crippen LogP) is 2.58. The number of benzene rings is 1. The third-order valence-corrected chi connectivity index (χ3v) is 5.33. The molecule has 0 saturated carbocycles. The van der Waals surface area contributed by atoms with Crippen molar-refractivity contribution in [2.45, 2.75) is 19.4 Å². The monoisotopic (exact) mass is 342 g/mol. The Hall–Kier alpha value is -2.67. The number of aromatic nitrogens is 2. The Morgan fingerprint density at radius 3 is 2.75 bits per heavy atom. The lowest BCUT2D eigenvalue weighted by Gasteiger charge is -2.11. The minimum Gasteiger partial charge on any atom is -0.390 e. The van der Waals surface area contributed by atoms with E-state index in [1.54, 1.807) is 12.1 Å². The first-order valence-corrected chi connectivity index (χ1v) is 8.36. The molecule has 3 aromatic rings. The summed E-state index contributed by atoms with van der Waals surface area (Å²) in [5, 5.41) is 5.09. The first-order valence-electron chi connectivity index (χ1n) is 7.55. The van der Waals surface area contributed by atoms with Crippen LogP contribution >= 0.6 is 11.3 Å². The van der Waals surface area contributed by atoms with Crippen molar-refractivity contribution in [2.24, 2.45) is 5.73 Å². The number of anilines is 1. The van der Waals surface area contributed by atoms with E-state index in [9.17, 15) is 9.18 Å². The zero-order valence-corrected chi connectivity index (χ0v) is 13.6. The van der Waals surface area contributed by atoms with Gasteiger partial charge < -0.3 is 11.5 Å². The van der Waals surface area contributed by atoms with E-state index in [1.807, 2.05) is 10.9 Å². The van der Waals surface area contributed by atoms with Crippen molar-refractivity contribution in [2.75, 3.05) is 5.73 Å². The lowest BCUT2D eigenvalue weighted by atomic mass is 9.94. The SMILES string of the molecule is NC(=O)c1c(N)sc2c1CCc1nn(Cc3ccc(F)cc3)cc1-2. The van der Waals surface area contributed by atoms with Gasteiger partial charge in [0.05, 0.1) is 22.8 Å². The molecule has 4 rings (SSSR count). The first kappa shape index (κ1) is 14.9. The van der Waals surface area contributed by atoms with Crippen LogP contribution in [0.4, 0.5) is 9.39 Å². The number of hydrogen-bond acceptors (Lipinski definition) is 4. The summed E-state index contributed by atoms with van der Waals surface area (Å²) in [5.74, 6) is -0.733. The number of nitrogen functional groups attached to an aromatic ring is 1. The number of aryl methyl sites for hydroxylation is 1. The standard InChI is InChI=1S/C17H15FN4OS/c18-10-3-1-9(2-4-10)7-22-8-12-13(21-22)6-5-11-14(16(19)23)17(20)24-15(11)12/h1-4,8H,5-7,20H2,(H2,19,23). The molecule has 24 heavy (non-hydrogen) atoms. The van der Waals surface area contributed by atoms with Gasteiger partial charge in [-0.15, -0.1) is 11.3 Å². The van der Waals surface area contributed by atoms with E-state index in [2.05, 4.69) is 5.10 Å². The number of rotatable bonds is 3. The minimum atomic E-state index is -0.479. The lowest BCUT2D eigenvalue weighted by molar-refractivity contribution is 0.100. The van der Waals surface area contributed by atoms with Crippen molar-refractivity contribution in [1.82, 2.24) is 9.78 Å². The third-order valence-electron chi connectivity index (χ3n) is 4.23. The van der Waals surface area contributed by atoms with Crippen LogP contribution in [0.25, 0.3) is 10.4 Å². The Balaban J connectivity index is 1.71. The fourth-order valence-electron chi connectivity index (χ4n) is 3.15. The van der Waals surface area contributed by atoms with Crippen molar-refractivity contribution in [3.8, 4) is 10.4 Å². The summed E-state index contributed by atoms with van der Waals surface area (Å²) < 4.78 is 14.9. The molecule has 4 N–H and O–H groups in total. The van der Waals surface area contributed by atoms with Crippen LogP contribution in [0.15, 0.2) is 30.5 Å². The highest BCUT2D eigenvalue weighted by atomic mass is 32.1. The Bertz CT molecular complexity index is 942. The molecule has 0 bridgehead atoms. The van der Waals surface area contributed by atoms with Gasteiger partial charge in [0.2, 0.25) is 0 Å². The van der Waals surface area contributed by atoms with Crippen LogP contribution in [-0.2, 0) is 19.4 Å². The van der Waals surface area contributed by atoms with Gasteiger partial charge in [0, 0.05) is 16.6 Å². The molecule has 1 aliphatic carbocycles. The van der Waals surface area contributed by atoms with Crippen LogP contribution in [0.5, 0.6) is 0 Å². The van der Waals surface area contributed by atoms with Crippen LogP contribution in [0, 0.1) is 5.82 Å². The van der Waals surface area contributed by atoms with Gasteiger partial charge in [-0.05, 0) is 36.1 Å². The van der Waals surface area contributed by atoms with E-state index in [-0.39, 0.29) is 5.82 Å². The van der Waals surface area contributed by atoms with Crippen LogP contribution in [0.1, 0.15) is 27.2 Å². The average Bonchev–Trinajstić information content (AvgIpc) is 3.08. The van der Waals surface area contributed by atoms with Crippen LogP contribution < -0.4 is 11.5 Å². The molecule has 2 heterocycles. The van der Waals surface area contributed by atoms with Crippen LogP contribution in [-0.4, -0.2) is 15.7 Å². The summed E-state index contributed by atoms with van der Waals surface area (Å²) in [4.78, 5) is 12.6. The number of carbonyl (C=O) groups excluding carboxylic acids is 1. The number of nitrogens with two attached hydrogens (primary N) is 2. The fraction of sp³-hybridized carbons (Fsp3) is 0.176. The second-order valence-electron chi connectivity index (χ2n) is 5.83. The molecule has 0 saturated heterocycles. The largest absolute Gasteiger partial charge is 0.390 e. The van der Waals surface area contributed by atoms with E-state index in [0.717, 1.165) is 33.7 Å². The Morgan fingerprint density at radius 1 is 1.29 bits per heavy atom. The van der Waals surface area contributed by atoms with Gasteiger partial charge in [-0.25, -0.2) is 4.39 Å². The Labute approximate surface area is 141 Å². The number of hydrogen-bond donors (Lipinski definition) is 2. The molecule has 5 nitrogen and oxygen atoms in total. The molecule has 1 aliphatic rings. The summed E-state index contributed by atoms with van der Waals surface area (Å²) in [6.45, 7) is 0.562. The molecule has 1 aromatic carbocycles. The highest BCUT2D eigenvalue weighted by Gasteiger charge is 2.28. The summed E-state index contributed by atoms with van der Waals surface area (Å²) >= 11 is 1.38. The molecule has 0 spiro atoms. The molecule has 0 atom stereocenters. The number of amides is 1. The molecule has 0 unspecified atom stereocenters. The second-order valence-corrected chi connectivity index (χ2v) is 6.88. The van der Waals surface area contributed by atoms with Gasteiger partial charge in [-0.3, -0.25) is 9.48 Å². The van der Waals surface area contributed by atoms with Crippen molar-refractivity contribution < 1.29 is 9.18 Å². The molecule has 0 aliphatic heterocycles. The summed E-state index contributed by atoms with van der Waals surface area (Å²) in [7, 11) is 0. The molecule has 7 heteroatoms. The Morgan fingerprint density at radius 2 is 2.04 bits per heavy atom. The van der Waals surface area contributed by atoms with E-state index in [1.165, 1.54) is 23.5 Å². The van der Waals surface area contributed by atoms with Crippen LogP contribution in [0.3, 0.4) is 0 Å². The zero-order chi connectivity index (χ0) is 16.8. The van der Waals surface area contributed by atoms with Gasteiger partial charge in [0.15, 0.2) is 0 Å². The van der Waals surface area contributed by atoms with E-state index >= 15 is 0 Å². The highest BCUT2D eigenvalue weighted by molar-refractivity contribution is 7.20. The molecule has 122 valence electrons. The van der Waals surface area contributed by atoms with Crippen molar-refractivity contribution >= 4 is 22.2 Å². The molecule has 0 radical (unpaired) electrons. The number of fused-ring (bicyclic) bond motifs is 3. The predicted molar refractivity (Wildman–Crippen MR) is 91.4 cm³/mol. The van der Waals surface area contributed by atoms with Crippen molar-refractivity contribution in [1.29, 1.82) is 0 Å². The molecule has 0 fully saturated rings.